The summed E-state index contributed by atoms with van der Waals surface area (Å²) in [5.74, 6) is -2.34. The minimum atomic E-state index is -0.951. The molecule has 1 aromatic heterocycles. The number of hydrogen-bond donors (Lipinski definition) is 2. The number of nitrogens with one attached hydrogen (secondary N) is 1. The predicted octanol–water partition coefficient (Wildman–Crippen LogP) is 0.782. The van der Waals surface area contributed by atoms with Gasteiger partial charge < -0.3 is 14.8 Å². The molecule has 8 nitrogen and oxygen atoms in total. The Kier molecular flexibility index (Phi) is 2.77. The monoisotopic (exact) mass is 254 g/mol. The van der Waals surface area contributed by atoms with Gasteiger partial charge in [-0.15, -0.1) is 0 Å². The lowest BCUT2D eigenvalue weighted by atomic mass is 10.1. The number of carbonyl (C=O) groups excluding carboxylic acids is 1. The van der Waals surface area contributed by atoms with Crippen LogP contribution in [0.2, 0.25) is 0 Å². The smallest absolute Gasteiger partial charge is 0.433 e. The first kappa shape index (κ1) is 12.1. The Morgan fingerprint density at radius 1 is 1.50 bits per heavy atom. The average Bonchev–Trinajstić information content (AvgIpc) is 2.94. The van der Waals surface area contributed by atoms with E-state index >= 15 is 0 Å². The molecule has 0 atom stereocenters. The Morgan fingerprint density at radius 3 is 2.61 bits per heavy atom. The van der Waals surface area contributed by atoms with E-state index in [0.29, 0.717) is 12.8 Å². The summed E-state index contributed by atoms with van der Waals surface area (Å²) in [7, 11) is 0. The van der Waals surface area contributed by atoms with Crippen molar-refractivity contribution in [3.05, 3.63) is 28.0 Å². The third-order valence-corrected chi connectivity index (χ3v) is 2.89. The highest BCUT2D eigenvalue weighted by molar-refractivity contribution is 5.92. The molecule has 2 N–H and O–H groups in total. The van der Waals surface area contributed by atoms with Gasteiger partial charge in [0.05, 0.1) is 11.5 Å². The van der Waals surface area contributed by atoms with Gasteiger partial charge in [-0.25, -0.2) is 0 Å². The second-order valence-corrected chi connectivity index (χ2v) is 4.16. The SMILES string of the molecule is O=C(NCC1(C(=O)O)CC1)c1ccc([N+](=O)[O-])o1. The number of carbonyl (C=O) groups is 2. The minimum Gasteiger partial charge on any atom is -0.481 e. The topological polar surface area (TPSA) is 123 Å². The Labute approximate surface area is 101 Å². The molecule has 1 amide bonds. The molecule has 18 heavy (non-hydrogen) atoms. The van der Waals surface area contributed by atoms with Crippen LogP contribution in [-0.4, -0.2) is 28.5 Å². The number of aliphatic carboxylic acids is 1. The number of nitro groups is 1. The molecular weight excluding hydrogens is 244 g/mol. The molecule has 0 radical (unpaired) electrons. The van der Waals surface area contributed by atoms with Gasteiger partial charge in [0.2, 0.25) is 0 Å². The van der Waals surface area contributed by atoms with Crippen LogP contribution in [0.25, 0.3) is 0 Å². The maximum Gasteiger partial charge on any atom is 0.433 e. The third-order valence-electron chi connectivity index (χ3n) is 2.89. The normalized spacial score (nSPS) is 16.0. The van der Waals surface area contributed by atoms with E-state index in [2.05, 4.69) is 5.32 Å². The zero-order chi connectivity index (χ0) is 13.3. The molecule has 0 saturated heterocycles. The molecule has 1 aliphatic rings. The van der Waals surface area contributed by atoms with E-state index in [1.807, 2.05) is 0 Å². The highest BCUT2D eigenvalue weighted by Crippen LogP contribution is 2.45. The first-order chi connectivity index (χ1) is 8.44. The minimum absolute atomic E-state index is 0.00430. The zero-order valence-corrected chi connectivity index (χ0v) is 9.21. The van der Waals surface area contributed by atoms with Crippen LogP contribution >= 0.6 is 0 Å². The second kappa shape index (κ2) is 4.13. The van der Waals surface area contributed by atoms with E-state index in [9.17, 15) is 19.7 Å². The summed E-state index contributed by atoms with van der Waals surface area (Å²) in [6.07, 6.45) is 1.03. The fourth-order valence-corrected chi connectivity index (χ4v) is 1.50. The molecule has 1 aliphatic carbocycles. The van der Waals surface area contributed by atoms with Crippen molar-refractivity contribution in [1.82, 2.24) is 5.32 Å². The van der Waals surface area contributed by atoms with Crippen LogP contribution in [0, 0.1) is 15.5 Å². The van der Waals surface area contributed by atoms with E-state index in [0.717, 1.165) is 6.07 Å². The van der Waals surface area contributed by atoms with Crippen LogP contribution in [0.1, 0.15) is 23.4 Å². The molecule has 1 saturated carbocycles. The van der Waals surface area contributed by atoms with Gasteiger partial charge in [-0.1, -0.05) is 0 Å². The molecule has 96 valence electrons. The Balaban J connectivity index is 1.96. The van der Waals surface area contributed by atoms with Crippen LogP contribution in [0.15, 0.2) is 16.5 Å². The van der Waals surface area contributed by atoms with Gasteiger partial charge in [-0.2, -0.15) is 0 Å². The molecule has 1 heterocycles. The van der Waals surface area contributed by atoms with Crippen molar-refractivity contribution in [2.75, 3.05) is 6.54 Å². The molecule has 0 unspecified atom stereocenters. The Hall–Kier alpha value is -2.38. The summed E-state index contributed by atoms with van der Waals surface area (Å²) < 4.78 is 4.69. The number of carboxylic acid groups (broad SMARTS) is 1. The maximum atomic E-state index is 11.6. The number of furan rings is 1. The summed E-state index contributed by atoms with van der Waals surface area (Å²) in [6.45, 7) is -0.00430. The van der Waals surface area contributed by atoms with Crippen molar-refractivity contribution >= 4 is 17.8 Å². The summed E-state index contributed by atoms with van der Waals surface area (Å²) in [6, 6.07) is 2.24. The molecule has 0 aromatic carbocycles. The highest BCUT2D eigenvalue weighted by atomic mass is 16.6. The molecule has 1 fully saturated rings. The van der Waals surface area contributed by atoms with Gasteiger partial charge in [0.15, 0.2) is 5.76 Å². The van der Waals surface area contributed by atoms with Crippen molar-refractivity contribution in [3.8, 4) is 0 Å². The number of nitrogens with zero attached hydrogens (tertiary/aromatic N) is 1. The lowest BCUT2D eigenvalue weighted by molar-refractivity contribution is -0.402. The van der Waals surface area contributed by atoms with Crippen LogP contribution in [0.3, 0.4) is 0 Å². The summed E-state index contributed by atoms with van der Waals surface area (Å²) in [4.78, 5) is 32.0. The first-order valence-electron chi connectivity index (χ1n) is 5.20. The lowest BCUT2D eigenvalue weighted by Gasteiger charge is -2.09. The quantitative estimate of drug-likeness (QED) is 0.591. The second-order valence-electron chi connectivity index (χ2n) is 4.16. The van der Waals surface area contributed by atoms with Crippen molar-refractivity contribution in [3.63, 3.8) is 0 Å². The van der Waals surface area contributed by atoms with Gasteiger partial charge in [0.25, 0.3) is 5.91 Å². The molecule has 1 aromatic rings. The summed E-state index contributed by atoms with van der Waals surface area (Å²) >= 11 is 0. The fourth-order valence-electron chi connectivity index (χ4n) is 1.50. The number of rotatable bonds is 5. The van der Waals surface area contributed by atoms with E-state index in [-0.39, 0.29) is 12.3 Å². The predicted molar refractivity (Wildman–Crippen MR) is 57.0 cm³/mol. The van der Waals surface area contributed by atoms with Crippen LogP contribution in [0.4, 0.5) is 5.88 Å². The van der Waals surface area contributed by atoms with Gasteiger partial charge in [-0.3, -0.25) is 19.7 Å². The van der Waals surface area contributed by atoms with Crippen molar-refractivity contribution in [2.45, 2.75) is 12.8 Å². The lowest BCUT2D eigenvalue weighted by Crippen LogP contribution is -2.34. The maximum absolute atomic E-state index is 11.6. The summed E-state index contributed by atoms with van der Waals surface area (Å²) in [5, 5.41) is 21.7. The molecule has 8 heteroatoms. The molecule has 0 aliphatic heterocycles. The van der Waals surface area contributed by atoms with Crippen molar-refractivity contribution in [2.24, 2.45) is 5.41 Å². The highest BCUT2D eigenvalue weighted by Gasteiger charge is 2.50. The number of amides is 1. The average molecular weight is 254 g/mol. The van der Waals surface area contributed by atoms with Gasteiger partial charge >= 0.3 is 11.9 Å². The molecule has 0 bridgehead atoms. The largest absolute Gasteiger partial charge is 0.481 e. The number of hydrogen-bond acceptors (Lipinski definition) is 5. The number of carboxylic acids is 1. The van der Waals surface area contributed by atoms with E-state index in [1.54, 1.807) is 0 Å². The van der Waals surface area contributed by atoms with E-state index in [4.69, 9.17) is 9.52 Å². The van der Waals surface area contributed by atoms with Crippen LogP contribution in [0.5, 0.6) is 0 Å². The first-order valence-corrected chi connectivity index (χ1v) is 5.20. The van der Waals surface area contributed by atoms with Gasteiger partial charge in [0.1, 0.15) is 4.92 Å². The third kappa shape index (κ3) is 2.17. The van der Waals surface area contributed by atoms with Crippen LogP contribution < -0.4 is 5.32 Å². The van der Waals surface area contributed by atoms with Crippen LogP contribution in [-0.2, 0) is 4.79 Å². The Morgan fingerprint density at radius 2 is 2.17 bits per heavy atom. The van der Waals surface area contributed by atoms with Crippen molar-refractivity contribution < 1.29 is 24.0 Å². The molecular formula is C10H10N2O6. The molecule has 0 spiro atoms. The molecule has 2 rings (SSSR count). The summed E-state index contributed by atoms with van der Waals surface area (Å²) in [5.41, 5.74) is -0.881. The fraction of sp³-hybridized carbons (Fsp3) is 0.400. The zero-order valence-electron chi connectivity index (χ0n) is 9.21. The van der Waals surface area contributed by atoms with Crippen molar-refractivity contribution in [1.29, 1.82) is 0 Å². The van der Waals surface area contributed by atoms with E-state index in [1.165, 1.54) is 6.07 Å². The van der Waals surface area contributed by atoms with Gasteiger partial charge in [0, 0.05) is 6.54 Å². The van der Waals surface area contributed by atoms with E-state index < -0.39 is 28.1 Å². The van der Waals surface area contributed by atoms with Gasteiger partial charge in [-0.05, 0) is 18.9 Å². The standard InChI is InChI=1S/C10H10N2O6/c13-8(6-1-2-7(18-6)12(16)17)11-5-10(3-4-10)9(14)15/h1-2H,3-5H2,(H,11,13)(H,14,15). The Bertz CT molecular complexity index is 516.